The highest BCUT2D eigenvalue weighted by atomic mass is 35.5. The largest absolute Gasteiger partial charge is 0.354 e. The molecule has 0 spiro atoms. The van der Waals surface area contributed by atoms with E-state index in [2.05, 4.69) is 5.32 Å². The molecule has 4 nitrogen and oxygen atoms in total. The molecule has 1 aliphatic heterocycles. The number of amides is 2. The molecule has 2 heterocycles. The summed E-state index contributed by atoms with van der Waals surface area (Å²) < 4.78 is 0.770. The highest BCUT2D eigenvalue weighted by Gasteiger charge is 2.19. The number of thiophene rings is 1. The fourth-order valence-corrected chi connectivity index (χ4v) is 3.90. The smallest absolute Gasteiger partial charge is 0.239 e. The number of nitrogens with zero attached hydrogens (tertiary/aromatic N) is 1. The zero-order valence-electron chi connectivity index (χ0n) is 10.4. The Morgan fingerprint density at radius 2 is 2.37 bits per heavy atom. The van der Waals surface area contributed by atoms with Crippen LogP contribution in [0.15, 0.2) is 12.1 Å². The monoisotopic (exact) mass is 318 g/mol. The van der Waals surface area contributed by atoms with Crippen molar-refractivity contribution < 1.29 is 9.59 Å². The van der Waals surface area contributed by atoms with Gasteiger partial charge >= 0.3 is 0 Å². The molecule has 1 aromatic rings. The second-order valence-corrected chi connectivity index (χ2v) is 7.00. The highest BCUT2D eigenvalue weighted by Crippen LogP contribution is 2.25. The summed E-state index contributed by atoms with van der Waals surface area (Å²) in [5.41, 5.74) is 0. The maximum Gasteiger partial charge on any atom is 0.239 e. The van der Waals surface area contributed by atoms with Gasteiger partial charge in [0.2, 0.25) is 11.8 Å². The van der Waals surface area contributed by atoms with Crippen LogP contribution < -0.4 is 5.32 Å². The minimum Gasteiger partial charge on any atom is -0.354 e. The minimum absolute atomic E-state index is 0.0321. The van der Waals surface area contributed by atoms with Crippen molar-refractivity contribution in [2.75, 3.05) is 25.4 Å². The number of rotatable bonds is 4. The normalized spacial score (nSPS) is 16.1. The average Bonchev–Trinajstić information content (AvgIpc) is 2.66. The Bertz CT molecular complexity index is 464. The van der Waals surface area contributed by atoms with Crippen molar-refractivity contribution in [3.8, 4) is 0 Å². The molecule has 1 aromatic heterocycles. The van der Waals surface area contributed by atoms with E-state index in [1.165, 1.54) is 11.3 Å². The van der Waals surface area contributed by atoms with Crippen molar-refractivity contribution in [1.29, 1.82) is 0 Å². The maximum absolute atomic E-state index is 12.0. The van der Waals surface area contributed by atoms with Gasteiger partial charge in [-0.15, -0.1) is 23.1 Å². The van der Waals surface area contributed by atoms with Gasteiger partial charge in [-0.05, 0) is 18.6 Å². The average molecular weight is 319 g/mol. The van der Waals surface area contributed by atoms with Gasteiger partial charge < -0.3 is 10.2 Å². The summed E-state index contributed by atoms with van der Waals surface area (Å²) in [6.07, 6.45) is 0.822. The Kier molecular flexibility index (Phi) is 5.54. The van der Waals surface area contributed by atoms with Gasteiger partial charge in [0.05, 0.1) is 16.6 Å². The summed E-state index contributed by atoms with van der Waals surface area (Å²) in [6, 6.07) is 3.84. The van der Waals surface area contributed by atoms with Crippen LogP contribution in [0.5, 0.6) is 0 Å². The van der Waals surface area contributed by atoms with Gasteiger partial charge in [-0.3, -0.25) is 9.59 Å². The van der Waals surface area contributed by atoms with E-state index in [-0.39, 0.29) is 18.4 Å². The standard InChI is InChI=1S/C12H15ClN2O2S2/c13-10-3-2-9(19-10)7-18-8-12(17)15-5-1-4-14-11(16)6-15/h2-3H,1,4-8H2,(H,14,16). The Labute approximate surface area is 125 Å². The predicted molar refractivity (Wildman–Crippen MR) is 79.7 cm³/mol. The van der Waals surface area contributed by atoms with E-state index in [1.807, 2.05) is 12.1 Å². The summed E-state index contributed by atoms with van der Waals surface area (Å²) >= 11 is 8.94. The molecular weight excluding hydrogens is 304 g/mol. The number of hydrogen-bond acceptors (Lipinski definition) is 4. The number of thioether (sulfide) groups is 1. The van der Waals surface area contributed by atoms with Gasteiger partial charge in [-0.1, -0.05) is 11.6 Å². The molecule has 2 amide bonds. The number of nitrogens with one attached hydrogen (secondary N) is 1. The molecule has 1 N–H and O–H groups in total. The molecular formula is C12H15ClN2O2S2. The van der Waals surface area contributed by atoms with E-state index >= 15 is 0 Å². The minimum atomic E-state index is -0.0686. The first-order valence-electron chi connectivity index (χ1n) is 6.01. The molecule has 1 saturated heterocycles. The number of carbonyl (C=O) groups is 2. The van der Waals surface area contributed by atoms with E-state index in [1.54, 1.807) is 16.7 Å². The van der Waals surface area contributed by atoms with Gasteiger partial charge in [0.15, 0.2) is 0 Å². The molecule has 0 unspecified atom stereocenters. The third-order valence-electron chi connectivity index (χ3n) is 2.71. The molecule has 1 fully saturated rings. The summed E-state index contributed by atoms with van der Waals surface area (Å²) in [6.45, 7) is 1.50. The summed E-state index contributed by atoms with van der Waals surface area (Å²) in [4.78, 5) is 26.2. The summed E-state index contributed by atoms with van der Waals surface area (Å²) in [5, 5.41) is 2.76. The highest BCUT2D eigenvalue weighted by molar-refractivity contribution is 7.99. The van der Waals surface area contributed by atoms with Crippen LogP contribution in [0.4, 0.5) is 0 Å². The Morgan fingerprint density at radius 3 is 3.11 bits per heavy atom. The van der Waals surface area contributed by atoms with Crippen LogP contribution in [0.3, 0.4) is 0 Å². The fraction of sp³-hybridized carbons (Fsp3) is 0.500. The van der Waals surface area contributed by atoms with Crippen molar-refractivity contribution in [3.63, 3.8) is 0 Å². The Morgan fingerprint density at radius 1 is 1.53 bits per heavy atom. The van der Waals surface area contributed by atoms with Crippen molar-refractivity contribution in [1.82, 2.24) is 10.2 Å². The molecule has 19 heavy (non-hydrogen) atoms. The van der Waals surface area contributed by atoms with Crippen LogP contribution in [0.25, 0.3) is 0 Å². The number of halogens is 1. The summed E-state index contributed by atoms with van der Waals surface area (Å²) in [5.74, 6) is 1.15. The summed E-state index contributed by atoms with van der Waals surface area (Å²) in [7, 11) is 0. The number of carbonyl (C=O) groups excluding carboxylic acids is 2. The third kappa shape index (κ3) is 4.71. The van der Waals surface area contributed by atoms with Crippen molar-refractivity contribution >= 4 is 46.5 Å². The van der Waals surface area contributed by atoms with Crippen LogP contribution in [-0.4, -0.2) is 42.1 Å². The fourth-order valence-electron chi connectivity index (χ4n) is 1.78. The third-order valence-corrected chi connectivity index (χ3v) is 5.09. The molecule has 0 aromatic carbocycles. The van der Waals surface area contributed by atoms with Crippen LogP contribution in [-0.2, 0) is 15.3 Å². The predicted octanol–water partition coefficient (Wildman–Crippen LogP) is 1.98. The van der Waals surface area contributed by atoms with Crippen LogP contribution in [0.2, 0.25) is 4.34 Å². The SMILES string of the molecule is O=C1CN(C(=O)CSCc2ccc(Cl)s2)CCCN1. The van der Waals surface area contributed by atoms with Crippen molar-refractivity contribution in [3.05, 3.63) is 21.3 Å². The van der Waals surface area contributed by atoms with Crippen LogP contribution >= 0.6 is 34.7 Å². The lowest BCUT2D eigenvalue weighted by Gasteiger charge is -2.18. The first-order chi connectivity index (χ1) is 9.15. The van der Waals surface area contributed by atoms with E-state index in [9.17, 15) is 9.59 Å². The van der Waals surface area contributed by atoms with Gasteiger partial charge in [-0.25, -0.2) is 0 Å². The lowest BCUT2D eigenvalue weighted by molar-refractivity contribution is -0.133. The Hall–Kier alpha value is -0.720. The topological polar surface area (TPSA) is 49.4 Å². The molecule has 7 heteroatoms. The van der Waals surface area contributed by atoms with Crippen molar-refractivity contribution in [2.45, 2.75) is 12.2 Å². The molecule has 0 aliphatic carbocycles. The van der Waals surface area contributed by atoms with E-state index in [0.717, 1.165) is 21.4 Å². The maximum atomic E-state index is 12.0. The number of hydrogen-bond donors (Lipinski definition) is 1. The molecule has 104 valence electrons. The van der Waals surface area contributed by atoms with Gasteiger partial charge in [0, 0.05) is 23.7 Å². The van der Waals surface area contributed by atoms with Crippen LogP contribution in [0.1, 0.15) is 11.3 Å². The van der Waals surface area contributed by atoms with E-state index in [4.69, 9.17) is 11.6 Å². The van der Waals surface area contributed by atoms with E-state index < -0.39 is 0 Å². The van der Waals surface area contributed by atoms with E-state index in [0.29, 0.717) is 18.8 Å². The van der Waals surface area contributed by atoms with Crippen molar-refractivity contribution in [2.24, 2.45) is 0 Å². The van der Waals surface area contributed by atoms with Gasteiger partial charge in [-0.2, -0.15) is 0 Å². The molecule has 0 atom stereocenters. The first kappa shape index (κ1) is 14.7. The lowest BCUT2D eigenvalue weighted by Crippen LogP contribution is -2.38. The molecule has 0 saturated carbocycles. The lowest BCUT2D eigenvalue weighted by atomic mass is 10.4. The van der Waals surface area contributed by atoms with Crippen LogP contribution in [0, 0.1) is 0 Å². The molecule has 0 radical (unpaired) electrons. The zero-order valence-corrected chi connectivity index (χ0v) is 12.7. The zero-order chi connectivity index (χ0) is 13.7. The molecule has 0 bridgehead atoms. The van der Waals surface area contributed by atoms with Gasteiger partial charge in [0.25, 0.3) is 0 Å². The second kappa shape index (κ2) is 7.17. The second-order valence-electron chi connectivity index (χ2n) is 4.22. The molecule has 2 rings (SSSR count). The van der Waals surface area contributed by atoms with Gasteiger partial charge in [0.1, 0.15) is 0 Å². The first-order valence-corrected chi connectivity index (χ1v) is 8.36. The quantitative estimate of drug-likeness (QED) is 0.923. The Balaban J connectivity index is 1.75. The molecule has 1 aliphatic rings.